The smallest absolute Gasteiger partial charge is 0.403 e. The second-order valence-corrected chi connectivity index (χ2v) is 4.14. The Morgan fingerprint density at radius 2 is 2.18 bits per heavy atom. The van der Waals surface area contributed by atoms with Gasteiger partial charge in [-0.15, -0.1) is 0 Å². The topological polar surface area (TPSA) is 26.3 Å². The summed E-state index contributed by atoms with van der Waals surface area (Å²) < 4.78 is 4.70. The predicted octanol–water partition coefficient (Wildman–Crippen LogP) is 2.51. The molecule has 0 bridgehead atoms. The largest absolute Gasteiger partial charge is 0.453 e. The van der Waals surface area contributed by atoms with Crippen LogP contribution in [-0.4, -0.2) is 23.5 Å². The molecule has 1 aliphatic heterocycles. The summed E-state index contributed by atoms with van der Waals surface area (Å²) in [6, 6.07) is 0. The van der Waals surface area contributed by atoms with Crippen LogP contribution in [0.3, 0.4) is 0 Å². The molecule has 0 spiro atoms. The molecule has 0 saturated carbocycles. The van der Waals surface area contributed by atoms with Crippen LogP contribution >= 0.6 is 23.4 Å². The molecule has 1 heterocycles. The third-order valence-electron chi connectivity index (χ3n) is 1.77. The molecule has 4 heteroatoms. The van der Waals surface area contributed by atoms with Gasteiger partial charge in [0.2, 0.25) is 0 Å². The van der Waals surface area contributed by atoms with E-state index in [0.29, 0.717) is 12.5 Å². The van der Waals surface area contributed by atoms with Crippen molar-refractivity contribution in [1.29, 1.82) is 0 Å². The Morgan fingerprint density at radius 3 is 2.73 bits per heavy atom. The fourth-order valence-electron chi connectivity index (χ4n) is 1.10. The van der Waals surface area contributed by atoms with Crippen molar-refractivity contribution >= 4 is 28.8 Å². The molecule has 11 heavy (non-hydrogen) atoms. The molecule has 0 aromatic carbocycles. The van der Waals surface area contributed by atoms with Crippen LogP contribution in [0.2, 0.25) is 0 Å². The van der Waals surface area contributed by atoms with Gasteiger partial charge < -0.3 is 4.74 Å². The van der Waals surface area contributed by atoms with Gasteiger partial charge in [-0.3, -0.25) is 0 Å². The monoisotopic (exact) mass is 194 g/mol. The Morgan fingerprint density at radius 1 is 1.55 bits per heavy atom. The number of hydrogen-bond donors (Lipinski definition) is 0. The van der Waals surface area contributed by atoms with Crippen molar-refractivity contribution in [1.82, 2.24) is 0 Å². The zero-order chi connectivity index (χ0) is 8.10. The first kappa shape index (κ1) is 9.20. The molecule has 2 nitrogen and oxygen atoms in total. The van der Waals surface area contributed by atoms with E-state index in [1.165, 1.54) is 11.5 Å². The number of thioether (sulfide) groups is 1. The zero-order valence-corrected chi connectivity index (χ0v) is 7.79. The minimum absolute atomic E-state index is 0.503. The van der Waals surface area contributed by atoms with Crippen molar-refractivity contribution in [3.8, 4) is 0 Å². The van der Waals surface area contributed by atoms with Crippen LogP contribution in [-0.2, 0) is 4.74 Å². The Kier molecular flexibility index (Phi) is 4.08. The van der Waals surface area contributed by atoms with Crippen LogP contribution in [0.25, 0.3) is 0 Å². The molecule has 1 saturated heterocycles. The van der Waals surface area contributed by atoms with Crippen LogP contribution in [0.5, 0.6) is 0 Å². The molecule has 1 aliphatic rings. The van der Waals surface area contributed by atoms with Crippen molar-refractivity contribution in [2.75, 3.05) is 18.1 Å². The van der Waals surface area contributed by atoms with Crippen LogP contribution < -0.4 is 0 Å². The van der Waals surface area contributed by atoms with Gasteiger partial charge in [0.05, 0.1) is 6.61 Å². The number of rotatable bonds is 2. The fraction of sp³-hybridized carbons (Fsp3) is 0.857. The summed E-state index contributed by atoms with van der Waals surface area (Å²) in [7, 11) is 0. The zero-order valence-electron chi connectivity index (χ0n) is 6.22. The second-order valence-electron chi connectivity index (χ2n) is 2.60. The lowest BCUT2D eigenvalue weighted by molar-refractivity contribution is 0.149. The molecule has 1 rings (SSSR count). The molecule has 0 unspecified atom stereocenters. The van der Waals surface area contributed by atoms with Crippen molar-refractivity contribution in [3.63, 3.8) is 0 Å². The van der Waals surface area contributed by atoms with Gasteiger partial charge in [-0.1, -0.05) is 0 Å². The number of hydrogen-bond acceptors (Lipinski definition) is 3. The molecule has 0 radical (unpaired) electrons. The normalized spacial score (nSPS) is 19.7. The molecular formula is C7H11ClO2S. The van der Waals surface area contributed by atoms with E-state index in [0.717, 1.165) is 12.8 Å². The SMILES string of the molecule is O=C(Cl)OCC1CCSCC1. The summed E-state index contributed by atoms with van der Waals surface area (Å²) in [6.07, 6.45) is 2.30. The highest BCUT2D eigenvalue weighted by Crippen LogP contribution is 2.22. The van der Waals surface area contributed by atoms with E-state index >= 15 is 0 Å². The van der Waals surface area contributed by atoms with Crippen molar-refractivity contribution in [2.24, 2.45) is 5.92 Å². The van der Waals surface area contributed by atoms with Gasteiger partial charge >= 0.3 is 5.43 Å². The minimum Gasteiger partial charge on any atom is -0.453 e. The first-order valence-electron chi connectivity index (χ1n) is 3.69. The summed E-state index contributed by atoms with van der Waals surface area (Å²) in [5, 5.41) is 0. The van der Waals surface area contributed by atoms with Gasteiger partial charge in [0.1, 0.15) is 0 Å². The second kappa shape index (κ2) is 4.88. The van der Waals surface area contributed by atoms with Gasteiger partial charge in [0.25, 0.3) is 0 Å². The van der Waals surface area contributed by atoms with Crippen LogP contribution in [0.1, 0.15) is 12.8 Å². The number of carbonyl (C=O) groups is 1. The lowest BCUT2D eigenvalue weighted by Gasteiger charge is -2.19. The predicted molar refractivity (Wildman–Crippen MR) is 47.3 cm³/mol. The van der Waals surface area contributed by atoms with E-state index < -0.39 is 5.43 Å². The molecule has 0 amide bonds. The average Bonchev–Trinajstić information content (AvgIpc) is 2.03. The highest BCUT2D eigenvalue weighted by molar-refractivity contribution is 7.99. The Balaban J connectivity index is 2.09. The maximum absolute atomic E-state index is 10.2. The van der Waals surface area contributed by atoms with E-state index in [-0.39, 0.29) is 0 Å². The highest BCUT2D eigenvalue weighted by atomic mass is 35.5. The Hall–Kier alpha value is 0.110. The summed E-state index contributed by atoms with van der Waals surface area (Å²) in [5.74, 6) is 2.91. The number of ether oxygens (including phenoxy) is 1. The van der Waals surface area contributed by atoms with Crippen molar-refractivity contribution in [3.05, 3.63) is 0 Å². The number of carbonyl (C=O) groups excluding carboxylic acids is 1. The van der Waals surface area contributed by atoms with Crippen LogP contribution in [0, 0.1) is 5.92 Å². The fourth-order valence-corrected chi connectivity index (χ4v) is 2.36. The maximum Gasteiger partial charge on any atom is 0.403 e. The molecule has 1 fully saturated rings. The maximum atomic E-state index is 10.2. The summed E-state index contributed by atoms with van der Waals surface area (Å²) in [4.78, 5) is 10.2. The molecule has 0 N–H and O–H groups in total. The highest BCUT2D eigenvalue weighted by Gasteiger charge is 2.14. The molecule has 0 atom stereocenters. The Labute approximate surface area is 75.6 Å². The minimum atomic E-state index is -0.678. The van der Waals surface area contributed by atoms with E-state index in [4.69, 9.17) is 16.3 Å². The third kappa shape index (κ3) is 3.87. The quantitative estimate of drug-likeness (QED) is 0.632. The van der Waals surface area contributed by atoms with Gasteiger partial charge in [-0.2, -0.15) is 11.8 Å². The molecule has 64 valence electrons. The summed E-state index contributed by atoms with van der Waals surface area (Å²) in [6.45, 7) is 0.503. The molecule has 0 aromatic rings. The van der Waals surface area contributed by atoms with Gasteiger partial charge in [-0.05, 0) is 30.3 Å². The average molecular weight is 195 g/mol. The van der Waals surface area contributed by atoms with Crippen molar-refractivity contribution in [2.45, 2.75) is 12.8 Å². The lowest BCUT2D eigenvalue weighted by atomic mass is 10.0. The van der Waals surface area contributed by atoms with Crippen molar-refractivity contribution < 1.29 is 9.53 Å². The number of halogens is 1. The van der Waals surface area contributed by atoms with E-state index in [1.807, 2.05) is 11.8 Å². The van der Waals surface area contributed by atoms with Crippen LogP contribution in [0.15, 0.2) is 0 Å². The molecule has 0 aliphatic carbocycles. The summed E-state index contributed by atoms with van der Waals surface area (Å²) in [5.41, 5.74) is -0.678. The Bertz CT molecular complexity index is 134. The lowest BCUT2D eigenvalue weighted by Crippen LogP contribution is -2.16. The molecule has 0 aromatic heterocycles. The van der Waals surface area contributed by atoms with Crippen LogP contribution in [0.4, 0.5) is 4.79 Å². The third-order valence-corrected chi connectivity index (χ3v) is 2.93. The standard InChI is InChI=1S/C7H11ClO2S/c8-7(9)10-5-6-1-3-11-4-2-6/h6H,1-5H2. The van der Waals surface area contributed by atoms with Gasteiger partial charge in [0.15, 0.2) is 0 Å². The van der Waals surface area contributed by atoms with Gasteiger partial charge in [-0.25, -0.2) is 4.79 Å². The van der Waals surface area contributed by atoms with E-state index in [1.54, 1.807) is 0 Å². The summed E-state index contributed by atoms with van der Waals surface area (Å²) >= 11 is 6.99. The first-order valence-corrected chi connectivity index (χ1v) is 5.22. The van der Waals surface area contributed by atoms with E-state index in [9.17, 15) is 4.79 Å². The molecular weight excluding hydrogens is 184 g/mol. The first-order chi connectivity index (χ1) is 5.29. The van der Waals surface area contributed by atoms with Gasteiger partial charge in [0, 0.05) is 11.6 Å². The van der Waals surface area contributed by atoms with E-state index in [2.05, 4.69) is 0 Å².